The van der Waals surface area contributed by atoms with E-state index in [1.54, 1.807) is 12.1 Å². The highest BCUT2D eigenvalue weighted by Gasteiger charge is 2.30. The third-order valence-electron chi connectivity index (χ3n) is 3.11. The summed E-state index contributed by atoms with van der Waals surface area (Å²) in [7, 11) is 1.96. The Labute approximate surface area is 108 Å². The summed E-state index contributed by atoms with van der Waals surface area (Å²) in [5.41, 5.74) is 3.10. The Bertz CT molecular complexity index is 556. The van der Waals surface area contributed by atoms with Gasteiger partial charge >= 0.3 is 0 Å². The van der Waals surface area contributed by atoms with Crippen LogP contribution >= 0.6 is 15.9 Å². The zero-order valence-electron chi connectivity index (χ0n) is 9.45. The van der Waals surface area contributed by atoms with Gasteiger partial charge in [0.05, 0.1) is 10.2 Å². The third-order valence-corrected chi connectivity index (χ3v) is 3.89. The lowest BCUT2D eigenvalue weighted by Gasteiger charge is -1.98. The standard InChI is InChI=1S/C13H12BrFN2/c1-17-13(9-2-3-9)11(14)12(16-17)8-4-6-10(15)7-5-8/h4-7,9H,2-3H2,1H3. The van der Waals surface area contributed by atoms with Gasteiger partial charge in [-0.2, -0.15) is 5.10 Å². The Morgan fingerprint density at radius 1 is 1.29 bits per heavy atom. The van der Waals surface area contributed by atoms with Gasteiger partial charge in [-0.25, -0.2) is 4.39 Å². The van der Waals surface area contributed by atoms with Crippen LogP contribution in [0.2, 0.25) is 0 Å². The molecule has 0 radical (unpaired) electrons. The fourth-order valence-corrected chi connectivity index (χ4v) is 2.99. The number of hydrogen-bond donors (Lipinski definition) is 0. The highest BCUT2D eigenvalue weighted by atomic mass is 79.9. The van der Waals surface area contributed by atoms with Crippen molar-refractivity contribution in [3.63, 3.8) is 0 Å². The molecular formula is C13H12BrFN2. The molecule has 88 valence electrons. The van der Waals surface area contributed by atoms with Crippen molar-refractivity contribution in [2.75, 3.05) is 0 Å². The summed E-state index contributed by atoms with van der Waals surface area (Å²) in [6.07, 6.45) is 2.47. The predicted octanol–water partition coefficient (Wildman–Crippen LogP) is 3.87. The number of nitrogens with zero attached hydrogens (tertiary/aromatic N) is 2. The summed E-state index contributed by atoms with van der Waals surface area (Å²) in [6, 6.07) is 6.46. The van der Waals surface area contributed by atoms with Gasteiger partial charge in [-0.1, -0.05) is 0 Å². The third kappa shape index (κ3) is 1.90. The first-order valence-electron chi connectivity index (χ1n) is 5.65. The van der Waals surface area contributed by atoms with Crippen LogP contribution in [0.3, 0.4) is 0 Å². The SMILES string of the molecule is Cn1nc(-c2ccc(F)cc2)c(Br)c1C1CC1. The van der Waals surface area contributed by atoms with Crippen molar-refractivity contribution < 1.29 is 4.39 Å². The summed E-state index contributed by atoms with van der Waals surface area (Å²) >= 11 is 3.62. The van der Waals surface area contributed by atoms with Crippen LogP contribution in [0.15, 0.2) is 28.7 Å². The Balaban J connectivity index is 2.08. The average molecular weight is 295 g/mol. The van der Waals surface area contributed by atoms with Crippen LogP contribution in [0.5, 0.6) is 0 Å². The van der Waals surface area contributed by atoms with E-state index in [1.165, 1.54) is 30.7 Å². The molecule has 0 bridgehead atoms. The van der Waals surface area contributed by atoms with Crippen molar-refractivity contribution >= 4 is 15.9 Å². The van der Waals surface area contributed by atoms with Crippen LogP contribution in [-0.4, -0.2) is 9.78 Å². The van der Waals surface area contributed by atoms with Crippen molar-refractivity contribution in [3.05, 3.63) is 40.2 Å². The topological polar surface area (TPSA) is 17.8 Å². The van der Waals surface area contributed by atoms with Gasteiger partial charge in [0.2, 0.25) is 0 Å². The van der Waals surface area contributed by atoms with Crippen LogP contribution in [0.1, 0.15) is 24.5 Å². The highest BCUT2D eigenvalue weighted by molar-refractivity contribution is 9.10. The fraction of sp³-hybridized carbons (Fsp3) is 0.308. The van der Waals surface area contributed by atoms with Crippen LogP contribution in [-0.2, 0) is 7.05 Å². The zero-order chi connectivity index (χ0) is 12.0. The highest BCUT2D eigenvalue weighted by Crippen LogP contribution is 2.45. The second kappa shape index (κ2) is 3.95. The molecule has 1 saturated carbocycles. The molecule has 0 spiro atoms. The van der Waals surface area contributed by atoms with Gasteiger partial charge in [-0.05, 0) is 53.0 Å². The first kappa shape index (κ1) is 11.0. The van der Waals surface area contributed by atoms with Crippen LogP contribution in [0.25, 0.3) is 11.3 Å². The van der Waals surface area contributed by atoms with Gasteiger partial charge in [0.25, 0.3) is 0 Å². The largest absolute Gasteiger partial charge is 0.271 e. The maximum absolute atomic E-state index is 12.9. The number of rotatable bonds is 2. The summed E-state index contributed by atoms with van der Waals surface area (Å²) in [5.74, 6) is 0.416. The summed E-state index contributed by atoms with van der Waals surface area (Å²) < 4.78 is 15.9. The first-order chi connectivity index (χ1) is 8.16. The van der Waals surface area contributed by atoms with E-state index in [1.807, 2.05) is 11.7 Å². The minimum atomic E-state index is -0.219. The molecule has 0 atom stereocenters. The maximum Gasteiger partial charge on any atom is 0.123 e. The Morgan fingerprint density at radius 2 is 1.94 bits per heavy atom. The molecule has 1 aromatic carbocycles. The molecule has 0 aliphatic heterocycles. The van der Waals surface area contributed by atoms with E-state index in [4.69, 9.17) is 0 Å². The van der Waals surface area contributed by atoms with Gasteiger partial charge < -0.3 is 0 Å². The van der Waals surface area contributed by atoms with Gasteiger partial charge in [-0.15, -0.1) is 0 Å². The molecule has 1 heterocycles. The Hall–Kier alpha value is -1.16. The second-order valence-electron chi connectivity index (χ2n) is 4.45. The van der Waals surface area contributed by atoms with Crippen molar-refractivity contribution in [1.82, 2.24) is 9.78 Å². The quantitative estimate of drug-likeness (QED) is 0.822. The molecule has 1 aliphatic carbocycles. The van der Waals surface area contributed by atoms with E-state index in [9.17, 15) is 4.39 Å². The summed E-state index contributed by atoms with van der Waals surface area (Å²) in [4.78, 5) is 0. The normalized spacial score (nSPS) is 15.2. The lowest BCUT2D eigenvalue weighted by atomic mass is 10.1. The molecule has 1 aliphatic rings. The number of benzene rings is 1. The molecule has 1 fully saturated rings. The molecule has 1 aromatic heterocycles. The van der Waals surface area contributed by atoms with E-state index in [0.29, 0.717) is 5.92 Å². The molecule has 0 amide bonds. The van der Waals surface area contributed by atoms with Gasteiger partial charge in [-0.3, -0.25) is 4.68 Å². The first-order valence-corrected chi connectivity index (χ1v) is 6.44. The monoisotopic (exact) mass is 294 g/mol. The molecule has 0 N–H and O–H groups in total. The predicted molar refractivity (Wildman–Crippen MR) is 68.3 cm³/mol. The minimum absolute atomic E-state index is 0.219. The minimum Gasteiger partial charge on any atom is -0.271 e. The van der Waals surface area contributed by atoms with E-state index >= 15 is 0 Å². The smallest absolute Gasteiger partial charge is 0.123 e. The lowest BCUT2D eigenvalue weighted by molar-refractivity contribution is 0.628. The molecule has 0 unspecified atom stereocenters. The maximum atomic E-state index is 12.9. The van der Waals surface area contributed by atoms with Crippen LogP contribution in [0.4, 0.5) is 4.39 Å². The number of aromatic nitrogens is 2. The molecular weight excluding hydrogens is 283 g/mol. The number of aryl methyl sites for hydroxylation is 1. The van der Waals surface area contributed by atoms with Crippen LogP contribution in [0, 0.1) is 5.82 Å². The summed E-state index contributed by atoms with van der Waals surface area (Å²) in [6.45, 7) is 0. The van der Waals surface area contributed by atoms with Crippen molar-refractivity contribution in [3.8, 4) is 11.3 Å². The average Bonchev–Trinajstić information content (AvgIpc) is 3.08. The Kier molecular flexibility index (Phi) is 2.54. The van der Waals surface area contributed by atoms with E-state index < -0.39 is 0 Å². The number of halogens is 2. The van der Waals surface area contributed by atoms with E-state index in [-0.39, 0.29) is 5.82 Å². The second-order valence-corrected chi connectivity index (χ2v) is 5.25. The van der Waals surface area contributed by atoms with Gasteiger partial charge in [0.15, 0.2) is 0 Å². The van der Waals surface area contributed by atoms with Crippen LogP contribution < -0.4 is 0 Å². The zero-order valence-corrected chi connectivity index (χ0v) is 11.0. The molecule has 2 aromatic rings. The molecule has 17 heavy (non-hydrogen) atoms. The van der Waals surface area contributed by atoms with E-state index in [0.717, 1.165) is 15.7 Å². The summed E-state index contributed by atoms with van der Waals surface area (Å²) in [5, 5.41) is 4.52. The molecule has 3 rings (SSSR count). The molecule has 0 saturated heterocycles. The Morgan fingerprint density at radius 3 is 2.53 bits per heavy atom. The van der Waals surface area contributed by atoms with Gasteiger partial charge in [0.1, 0.15) is 11.5 Å². The molecule has 2 nitrogen and oxygen atoms in total. The van der Waals surface area contributed by atoms with Crippen molar-refractivity contribution in [1.29, 1.82) is 0 Å². The van der Waals surface area contributed by atoms with Gasteiger partial charge in [0, 0.05) is 18.5 Å². The molecule has 4 heteroatoms. The van der Waals surface area contributed by atoms with Crippen molar-refractivity contribution in [2.45, 2.75) is 18.8 Å². The van der Waals surface area contributed by atoms with Crippen molar-refractivity contribution in [2.24, 2.45) is 7.05 Å². The number of hydrogen-bond acceptors (Lipinski definition) is 1. The lowest BCUT2D eigenvalue weighted by Crippen LogP contribution is -1.96. The fourth-order valence-electron chi connectivity index (χ4n) is 2.10. The van der Waals surface area contributed by atoms with E-state index in [2.05, 4.69) is 21.0 Å².